The first-order valence-corrected chi connectivity index (χ1v) is 9.66. The maximum absolute atomic E-state index is 13.4. The van der Waals surface area contributed by atoms with E-state index in [0.717, 1.165) is 42.6 Å². The van der Waals surface area contributed by atoms with Crippen LogP contribution in [0.2, 0.25) is 0 Å². The van der Waals surface area contributed by atoms with E-state index in [1.807, 2.05) is 0 Å². The summed E-state index contributed by atoms with van der Waals surface area (Å²) in [6, 6.07) is 0.547. The van der Waals surface area contributed by atoms with Crippen molar-refractivity contribution in [1.82, 2.24) is 29.5 Å². The number of ether oxygens (including phenoxy) is 1. The number of nitrogen functional groups attached to an aromatic ring is 1. The summed E-state index contributed by atoms with van der Waals surface area (Å²) in [4.78, 5) is 27.2. The first-order chi connectivity index (χ1) is 14.4. The zero-order valence-electron chi connectivity index (χ0n) is 16.7. The number of amides is 1. The molecule has 3 N–H and O–H groups in total. The lowest BCUT2D eigenvalue weighted by molar-refractivity contribution is 0.101. The summed E-state index contributed by atoms with van der Waals surface area (Å²) >= 11 is 0. The highest BCUT2D eigenvalue weighted by Crippen LogP contribution is 2.29. The summed E-state index contributed by atoms with van der Waals surface area (Å²) in [5.74, 6) is -0.918. The predicted molar refractivity (Wildman–Crippen MR) is 108 cm³/mol. The van der Waals surface area contributed by atoms with Crippen molar-refractivity contribution in [3.63, 3.8) is 0 Å². The summed E-state index contributed by atoms with van der Waals surface area (Å²) in [5, 5.41) is 6.65. The third-order valence-electron chi connectivity index (χ3n) is 5.27. The Morgan fingerprint density at radius 1 is 1.27 bits per heavy atom. The first kappa shape index (κ1) is 20.0. The van der Waals surface area contributed by atoms with Gasteiger partial charge in [-0.25, -0.2) is 18.9 Å². The first-order valence-electron chi connectivity index (χ1n) is 9.66. The molecule has 0 bridgehead atoms. The van der Waals surface area contributed by atoms with Gasteiger partial charge in [0, 0.05) is 6.04 Å². The number of fused-ring (bicyclic) bond motifs is 1. The third-order valence-corrected chi connectivity index (χ3v) is 5.27. The average molecular weight is 414 g/mol. The van der Waals surface area contributed by atoms with E-state index in [-0.39, 0.29) is 23.1 Å². The van der Waals surface area contributed by atoms with Gasteiger partial charge in [0.2, 0.25) is 5.88 Å². The fourth-order valence-electron chi connectivity index (χ4n) is 3.67. The third kappa shape index (κ3) is 4.01. The van der Waals surface area contributed by atoms with Crippen LogP contribution in [0.15, 0.2) is 24.9 Å². The topological polar surface area (TPSA) is 124 Å². The minimum absolute atomic E-state index is 0.0124. The number of carbonyl (C=O) groups excluding carboxylic acids is 1. The zero-order valence-corrected chi connectivity index (χ0v) is 16.7. The molecule has 0 spiro atoms. The molecule has 4 rings (SSSR count). The number of nitrogens with zero attached hydrogens (tertiary/aromatic N) is 6. The maximum atomic E-state index is 13.4. The SMILES string of the molecule is CN(C)[C@H]1CC[C@H](Oc2ncncc2NC(=O)c2c(N)nn3cc(F)cnc23)CC1. The van der Waals surface area contributed by atoms with E-state index in [1.165, 1.54) is 12.5 Å². The fourth-order valence-corrected chi connectivity index (χ4v) is 3.67. The van der Waals surface area contributed by atoms with Gasteiger partial charge >= 0.3 is 0 Å². The van der Waals surface area contributed by atoms with Crippen molar-refractivity contribution < 1.29 is 13.9 Å². The summed E-state index contributed by atoms with van der Waals surface area (Å²) < 4.78 is 20.6. The maximum Gasteiger partial charge on any atom is 0.263 e. The lowest BCUT2D eigenvalue weighted by Gasteiger charge is -2.32. The minimum Gasteiger partial charge on any atom is -0.473 e. The van der Waals surface area contributed by atoms with Gasteiger partial charge in [-0.3, -0.25) is 4.79 Å². The second kappa shape index (κ2) is 8.19. The Labute approximate surface area is 172 Å². The Bertz CT molecular complexity index is 1060. The normalized spacial score (nSPS) is 19.2. The molecule has 0 unspecified atom stereocenters. The molecule has 3 aromatic rings. The Morgan fingerprint density at radius 2 is 2.03 bits per heavy atom. The van der Waals surface area contributed by atoms with Gasteiger partial charge in [0.15, 0.2) is 17.3 Å². The Morgan fingerprint density at radius 3 is 2.77 bits per heavy atom. The number of carbonyl (C=O) groups is 1. The number of aromatic nitrogens is 5. The van der Waals surface area contributed by atoms with Crippen LogP contribution in [0.5, 0.6) is 5.88 Å². The molecule has 1 aliphatic carbocycles. The summed E-state index contributed by atoms with van der Waals surface area (Å²) in [6.45, 7) is 0. The lowest BCUT2D eigenvalue weighted by Crippen LogP contribution is -2.35. The predicted octanol–water partition coefficient (Wildman–Crippen LogP) is 1.74. The highest BCUT2D eigenvalue weighted by Gasteiger charge is 2.26. The average Bonchev–Trinajstić information content (AvgIpc) is 3.04. The second-order valence-corrected chi connectivity index (χ2v) is 7.51. The molecule has 1 aliphatic rings. The van der Waals surface area contributed by atoms with Gasteiger partial charge in [0.25, 0.3) is 5.91 Å². The monoisotopic (exact) mass is 414 g/mol. The Hall–Kier alpha value is -3.34. The Kier molecular flexibility index (Phi) is 5.44. The van der Waals surface area contributed by atoms with Crippen LogP contribution in [-0.2, 0) is 0 Å². The number of hydrogen-bond acceptors (Lipinski definition) is 8. The van der Waals surface area contributed by atoms with E-state index in [4.69, 9.17) is 10.5 Å². The summed E-state index contributed by atoms with van der Waals surface area (Å²) in [5.41, 5.74) is 6.36. The molecule has 1 amide bonds. The molecule has 3 heterocycles. The zero-order chi connectivity index (χ0) is 21.3. The van der Waals surface area contributed by atoms with E-state index in [0.29, 0.717) is 17.6 Å². The van der Waals surface area contributed by atoms with Crippen LogP contribution < -0.4 is 15.8 Å². The number of nitrogens with one attached hydrogen (secondary N) is 1. The highest BCUT2D eigenvalue weighted by molar-refractivity contribution is 6.11. The molecule has 158 valence electrons. The van der Waals surface area contributed by atoms with Crippen molar-refractivity contribution in [2.45, 2.75) is 37.8 Å². The number of hydrogen-bond donors (Lipinski definition) is 2. The van der Waals surface area contributed by atoms with Gasteiger partial charge in [-0.2, -0.15) is 4.98 Å². The summed E-state index contributed by atoms with van der Waals surface area (Å²) in [6.07, 6.45) is 8.80. The molecule has 1 fully saturated rings. The largest absolute Gasteiger partial charge is 0.473 e. The van der Waals surface area contributed by atoms with Crippen molar-refractivity contribution in [3.8, 4) is 5.88 Å². The van der Waals surface area contributed by atoms with Gasteiger partial charge in [-0.05, 0) is 39.8 Å². The van der Waals surface area contributed by atoms with Gasteiger partial charge in [0.1, 0.15) is 23.7 Å². The standard InChI is InChI=1S/C19H23FN8O2/c1-27(2)12-3-5-13(6-4-12)30-19-14(8-22-10-24-19)25-18(29)15-16(21)26-28-9-11(20)7-23-17(15)28/h7-10,12-13H,3-6H2,1-2H3,(H2,21,26)(H,25,29)/t12-,13-. The molecule has 11 heteroatoms. The van der Waals surface area contributed by atoms with Gasteiger partial charge < -0.3 is 20.7 Å². The van der Waals surface area contributed by atoms with Crippen molar-refractivity contribution in [1.29, 1.82) is 0 Å². The Balaban J connectivity index is 1.51. The van der Waals surface area contributed by atoms with Crippen LogP contribution in [0.4, 0.5) is 15.9 Å². The second-order valence-electron chi connectivity index (χ2n) is 7.51. The number of nitrogens with two attached hydrogens (primary N) is 1. The van der Waals surface area contributed by atoms with Crippen molar-refractivity contribution in [2.75, 3.05) is 25.1 Å². The van der Waals surface area contributed by atoms with Crippen LogP contribution in [0.1, 0.15) is 36.0 Å². The quantitative estimate of drug-likeness (QED) is 0.647. The van der Waals surface area contributed by atoms with E-state index < -0.39 is 11.7 Å². The van der Waals surface area contributed by atoms with Crippen LogP contribution in [0.3, 0.4) is 0 Å². The smallest absolute Gasteiger partial charge is 0.263 e. The van der Waals surface area contributed by atoms with Crippen molar-refractivity contribution in [2.24, 2.45) is 0 Å². The van der Waals surface area contributed by atoms with Crippen LogP contribution in [-0.4, -0.2) is 61.6 Å². The number of rotatable bonds is 5. The molecule has 30 heavy (non-hydrogen) atoms. The number of anilines is 2. The molecular formula is C19H23FN8O2. The molecule has 0 saturated heterocycles. The molecule has 0 radical (unpaired) electrons. The molecule has 0 atom stereocenters. The van der Waals surface area contributed by atoms with Gasteiger partial charge in [0.05, 0.1) is 18.6 Å². The molecule has 10 nitrogen and oxygen atoms in total. The van der Waals surface area contributed by atoms with E-state index in [2.05, 4.69) is 44.4 Å². The van der Waals surface area contributed by atoms with Gasteiger partial charge in [-0.15, -0.1) is 5.10 Å². The van der Waals surface area contributed by atoms with Crippen LogP contribution >= 0.6 is 0 Å². The highest BCUT2D eigenvalue weighted by atomic mass is 19.1. The number of halogens is 1. The van der Waals surface area contributed by atoms with E-state index in [9.17, 15) is 9.18 Å². The van der Waals surface area contributed by atoms with Gasteiger partial charge in [-0.1, -0.05) is 0 Å². The van der Waals surface area contributed by atoms with Crippen LogP contribution in [0.25, 0.3) is 5.65 Å². The summed E-state index contributed by atoms with van der Waals surface area (Å²) in [7, 11) is 4.17. The fraction of sp³-hybridized carbons (Fsp3) is 0.421. The van der Waals surface area contributed by atoms with Crippen molar-refractivity contribution >= 4 is 23.1 Å². The van der Waals surface area contributed by atoms with E-state index in [1.54, 1.807) is 0 Å². The molecule has 3 aromatic heterocycles. The van der Waals surface area contributed by atoms with Crippen molar-refractivity contribution in [3.05, 3.63) is 36.3 Å². The molecule has 0 aliphatic heterocycles. The van der Waals surface area contributed by atoms with E-state index >= 15 is 0 Å². The molecule has 1 saturated carbocycles. The minimum atomic E-state index is -0.590. The molecule has 0 aromatic carbocycles. The lowest BCUT2D eigenvalue weighted by atomic mass is 9.92. The van der Waals surface area contributed by atoms with Crippen LogP contribution in [0, 0.1) is 5.82 Å². The molecular weight excluding hydrogens is 391 g/mol.